The van der Waals surface area contributed by atoms with Gasteiger partial charge in [0.2, 0.25) is 5.76 Å². The van der Waals surface area contributed by atoms with Crippen molar-refractivity contribution >= 4 is 5.97 Å². The van der Waals surface area contributed by atoms with E-state index in [4.69, 9.17) is 25.5 Å². The summed E-state index contributed by atoms with van der Waals surface area (Å²) in [5.74, 6) is -5.19. The van der Waals surface area contributed by atoms with Crippen molar-refractivity contribution in [3.63, 3.8) is 0 Å². The molecule has 10 nitrogen and oxygen atoms in total. The number of aliphatic hydroxyl groups is 8. The van der Waals surface area contributed by atoms with Gasteiger partial charge in [0.1, 0.15) is 30.5 Å². The molecule has 0 saturated carbocycles. The van der Waals surface area contributed by atoms with Crippen molar-refractivity contribution in [3.05, 3.63) is 11.5 Å². The molecule has 0 radical (unpaired) electrons. The van der Waals surface area contributed by atoms with Gasteiger partial charge in [0, 0.05) is 0 Å². The average molecular weight is 284 g/mol. The molecule has 10 heteroatoms. The van der Waals surface area contributed by atoms with Crippen LogP contribution >= 0.6 is 0 Å². The van der Waals surface area contributed by atoms with Gasteiger partial charge >= 0.3 is 5.97 Å². The van der Waals surface area contributed by atoms with Crippen LogP contribution in [0.3, 0.4) is 0 Å². The molecular weight excluding hydrogens is 268 g/mol. The first kappa shape index (κ1) is 17.6. The molecule has 0 aliphatic carbocycles. The zero-order chi connectivity index (χ0) is 15.3. The van der Waals surface area contributed by atoms with Crippen LogP contribution in [0, 0.1) is 0 Å². The lowest BCUT2D eigenvalue weighted by Crippen LogP contribution is -2.50. The fraction of sp³-hybridized carbons (Fsp3) is 0.667. The summed E-state index contributed by atoms with van der Waals surface area (Å²) in [7, 11) is 0. The topological polar surface area (TPSA) is 199 Å². The van der Waals surface area contributed by atoms with Crippen molar-refractivity contribution in [2.45, 2.75) is 30.5 Å². The fourth-order valence-electron chi connectivity index (χ4n) is 1.14. The van der Waals surface area contributed by atoms with Gasteiger partial charge in [-0.1, -0.05) is 0 Å². The van der Waals surface area contributed by atoms with Crippen LogP contribution in [0.25, 0.3) is 0 Å². The number of hydrogen-bond acceptors (Lipinski definition) is 9. The molecule has 0 amide bonds. The Balaban J connectivity index is 4.96. The predicted molar refractivity (Wildman–Crippen MR) is 57.0 cm³/mol. The summed E-state index contributed by atoms with van der Waals surface area (Å²) in [5, 5.41) is 80.9. The Labute approximate surface area is 106 Å². The second kappa shape index (κ2) is 7.23. The molecule has 0 saturated heterocycles. The number of carboxylic acid groups (broad SMARTS) is 1. The second-order valence-corrected chi connectivity index (χ2v) is 3.71. The van der Waals surface area contributed by atoms with E-state index in [9.17, 15) is 25.2 Å². The van der Waals surface area contributed by atoms with Gasteiger partial charge in [-0.2, -0.15) is 0 Å². The van der Waals surface area contributed by atoms with Gasteiger partial charge in [-0.05, 0) is 0 Å². The van der Waals surface area contributed by atoms with Crippen molar-refractivity contribution < 1.29 is 50.8 Å². The molecule has 0 aromatic heterocycles. The van der Waals surface area contributed by atoms with E-state index in [0.29, 0.717) is 0 Å². The van der Waals surface area contributed by atoms with E-state index in [0.717, 1.165) is 0 Å². The lowest BCUT2D eigenvalue weighted by atomic mass is 9.98. The fourth-order valence-corrected chi connectivity index (χ4v) is 1.14. The molecule has 0 aliphatic rings. The Morgan fingerprint density at radius 2 is 1.32 bits per heavy atom. The lowest BCUT2D eigenvalue weighted by Gasteiger charge is -2.28. The van der Waals surface area contributed by atoms with Crippen molar-refractivity contribution in [2.24, 2.45) is 0 Å². The number of aliphatic carboxylic acids is 1. The van der Waals surface area contributed by atoms with Crippen LogP contribution in [0.4, 0.5) is 0 Å². The summed E-state index contributed by atoms with van der Waals surface area (Å²) in [5.41, 5.74) is 0. The van der Waals surface area contributed by atoms with E-state index >= 15 is 0 Å². The summed E-state index contributed by atoms with van der Waals surface area (Å²) in [6.45, 7) is -0.955. The SMILES string of the molecule is O=C(O)/C(O)=C(/O)[C@H](O)[C@@H](O)[C@@H](O)[C@H](O)[C@H](O)CO. The van der Waals surface area contributed by atoms with E-state index in [1.54, 1.807) is 0 Å². The van der Waals surface area contributed by atoms with Crippen LogP contribution in [-0.4, -0.2) is 89.1 Å². The largest absolute Gasteiger partial charge is 0.506 e. The Kier molecular flexibility index (Phi) is 6.69. The first-order valence-electron chi connectivity index (χ1n) is 5.01. The third-order valence-electron chi connectivity index (χ3n) is 2.33. The highest BCUT2D eigenvalue weighted by molar-refractivity contribution is 5.84. The Bertz CT molecular complexity index is 340. The molecule has 0 aromatic rings. The molecule has 0 fully saturated rings. The van der Waals surface area contributed by atoms with Gasteiger partial charge in [-0.15, -0.1) is 0 Å². The number of carboxylic acids is 1. The molecule has 0 unspecified atom stereocenters. The maximum atomic E-state index is 10.3. The highest BCUT2D eigenvalue weighted by Gasteiger charge is 2.37. The predicted octanol–water partition coefficient (Wildman–Crippen LogP) is -3.80. The minimum absolute atomic E-state index is 0.955. The Hall–Kier alpha value is -1.43. The smallest absolute Gasteiger partial charge is 0.374 e. The molecule has 0 bridgehead atoms. The van der Waals surface area contributed by atoms with E-state index in [1.807, 2.05) is 0 Å². The van der Waals surface area contributed by atoms with Crippen molar-refractivity contribution in [2.75, 3.05) is 6.61 Å². The van der Waals surface area contributed by atoms with E-state index in [1.165, 1.54) is 0 Å². The molecule has 19 heavy (non-hydrogen) atoms. The standard InChI is InChI=1S/C9H16O10/c10-1-2(11)3(12)4(13)5(14)6(15)7(16)8(17)9(18)19/h2-6,10-17H,1H2,(H,18,19)/b8-7-/t2-,3-,4+,5+,6-/m1/s1. The summed E-state index contributed by atoms with van der Waals surface area (Å²) < 4.78 is 0. The highest BCUT2D eigenvalue weighted by atomic mass is 16.4. The van der Waals surface area contributed by atoms with Gasteiger partial charge in [0.05, 0.1) is 6.61 Å². The van der Waals surface area contributed by atoms with Gasteiger partial charge in [0.15, 0.2) is 5.76 Å². The average Bonchev–Trinajstić information content (AvgIpc) is 2.40. The molecule has 0 rings (SSSR count). The molecule has 0 spiro atoms. The Morgan fingerprint density at radius 3 is 1.68 bits per heavy atom. The van der Waals surface area contributed by atoms with Crippen molar-refractivity contribution in [3.8, 4) is 0 Å². The maximum Gasteiger partial charge on any atom is 0.374 e. The molecule has 112 valence electrons. The lowest BCUT2D eigenvalue weighted by molar-refractivity contribution is -0.142. The zero-order valence-electron chi connectivity index (χ0n) is 9.53. The molecule has 5 atom stereocenters. The monoisotopic (exact) mass is 284 g/mol. The highest BCUT2D eigenvalue weighted by Crippen LogP contribution is 2.14. The first-order valence-corrected chi connectivity index (χ1v) is 5.01. The quantitative estimate of drug-likeness (QED) is 0.165. The molecule has 9 N–H and O–H groups in total. The van der Waals surface area contributed by atoms with E-state index in [-0.39, 0.29) is 0 Å². The number of hydrogen-bond donors (Lipinski definition) is 9. The van der Waals surface area contributed by atoms with Crippen LogP contribution in [0.5, 0.6) is 0 Å². The number of carbonyl (C=O) groups is 1. The van der Waals surface area contributed by atoms with Gasteiger partial charge in [0.25, 0.3) is 0 Å². The van der Waals surface area contributed by atoms with Crippen LogP contribution < -0.4 is 0 Å². The molecule has 0 aliphatic heterocycles. The van der Waals surface area contributed by atoms with E-state index < -0.39 is 54.6 Å². The van der Waals surface area contributed by atoms with Crippen LogP contribution in [-0.2, 0) is 4.79 Å². The van der Waals surface area contributed by atoms with Crippen LogP contribution in [0.15, 0.2) is 11.5 Å². The minimum atomic E-state index is -2.42. The normalized spacial score (nSPS) is 20.9. The number of rotatable bonds is 7. The maximum absolute atomic E-state index is 10.3. The summed E-state index contributed by atoms with van der Waals surface area (Å²) in [4.78, 5) is 10.3. The summed E-state index contributed by atoms with van der Waals surface area (Å²) >= 11 is 0. The molecule has 0 heterocycles. The second-order valence-electron chi connectivity index (χ2n) is 3.71. The Morgan fingerprint density at radius 1 is 0.842 bits per heavy atom. The van der Waals surface area contributed by atoms with Crippen LogP contribution in [0.2, 0.25) is 0 Å². The third kappa shape index (κ3) is 4.31. The molecular formula is C9H16O10. The summed E-state index contributed by atoms with van der Waals surface area (Å²) in [6.07, 6.45) is -10.9. The summed E-state index contributed by atoms with van der Waals surface area (Å²) in [6, 6.07) is 0. The van der Waals surface area contributed by atoms with Gasteiger partial charge in [-0.25, -0.2) is 4.79 Å². The first-order chi connectivity index (χ1) is 8.64. The van der Waals surface area contributed by atoms with Crippen molar-refractivity contribution in [1.82, 2.24) is 0 Å². The zero-order valence-corrected chi connectivity index (χ0v) is 9.53. The van der Waals surface area contributed by atoms with Crippen LogP contribution in [0.1, 0.15) is 0 Å². The third-order valence-corrected chi connectivity index (χ3v) is 2.33. The molecule has 0 aromatic carbocycles. The van der Waals surface area contributed by atoms with Gasteiger partial charge in [-0.3, -0.25) is 0 Å². The minimum Gasteiger partial charge on any atom is -0.506 e. The van der Waals surface area contributed by atoms with Crippen molar-refractivity contribution in [1.29, 1.82) is 0 Å². The van der Waals surface area contributed by atoms with E-state index in [2.05, 4.69) is 0 Å². The van der Waals surface area contributed by atoms with Gasteiger partial charge < -0.3 is 46.0 Å². The number of aliphatic hydroxyl groups excluding tert-OH is 8.